The number of hydrogen-bond donors (Lipinski definition) is 0. The van der Waals surface area contributed by atoms with E-state index in [1.807, 2.05) is 12.4 Å². The molecule has 0 saturated heterocycles. The molecule has 0 aromatic heterocycles. The summed E-state index contributed by atoms with van der Waals surface area (Å²) in [6.07, 6.45) is 6.37. The van der Waals surface area contributed by atoms with E-state index in [0.717, 1.165) is 5.92 Å². The summed E-state index contributed by atoms with van der Waals surface area (Å²) in [6.45, 7) is 3.62. The highest BCUT2D eigenvalue weighted by Crippen LogP contribution is 2.37. The number of nitrogens with zero attached hydrogens (tertiary/aromatic N) is 2. The van der Waals surface area contributed by atoms with E-state index in [1.165, 1.54) is 18.8 Å². The molecular formula is C8H9N2+. The fourth-order valence-corrected chi connectivity index (χ4v) is 0.992. The van der Waals surface area contributed by atoms with Crippen LogP contribution >= 0.6 is 0 Å². The standard InChI is InChI=1S/C8H9N2/c1-6-9-4-8(5-10-6)7-2-3-7/h4-5,7H,1-3H2/q+1. The molecule has 0 bridgehead atoms. The van der Waals surface area contributed by atoms with Gasteiger partial charge in [-0.3, -0.25) is 0 Å². The second-order valence-electron chi connectivity index (χ2n) is 2.71. The summed E-state index contributed by atoms with van der Waals surface area (Å²) in [5.74, 6) is 2.64. The van der Waals surface area contributed by atoms with Gasteiger partial charge in [-0.05, 0) is 12.8 Å². The van der Waals surface area contributed by atoms with E-state index < -0.39 is 0 Å². The Morgan fingerprint density at radius 1 is 1.40 bits per heavy atom. The highest BCUT2D eigenvalue weighted by atomic mass is 15.0. The zero-order chi connectivity index (χ0) is 6.97. The first-order valence-electron chi connectivity index (χ1n) is 3.50. The quantitative estimate of drug-likeness (QED) is 0.485. The molecular weight excluding hydrogens is 124 g/mol. The van der Waals surface area contributed by atoms with Crippen molar-refractivity contribution in [1.82, 2.24) is 0 Å². The van der Waals surface area contributed by atoms with Crippen LogP contribution in [0.2, 0.25) is 0 Å². The topological polar surface area (TPSA) is 24.7 Å². The smallest absolute Gasteiger partial charge is 0.194 e. The molecule has 0 N–H and O–H groups in total. The van der Waals surface area contributed by atoms with Crippen LogP contribution in [0.4, 0.5) is 0 Å². The van der Waals surface area contributed by atoms with Crippen LogP contribution in [-0.4, -0.2) is 12.4 Å². The van der Waals surface area contributed by atoms with Gasteiger partial charge >= 0.3 is 0 Å². The van der Waals surface area contributed by atoms with Crippen molar-refractivity contribution in [2.45, 2.75) is 12.8 Å². The van der Waals surface area contributed by atoms with E-state index in [0.29, 0.717) is 5.82 Å². The number of rotatable bonds is 1. The van der Waals surface area contributed by atoms with Crippen molar-refractivity contribution in [3.63, 3.8) is 0 Å². The third-order valence-electron chi connectivity index (χ3n) is 1.77. The van der Waals surface area contributed by atoms with Crippen LogP contribution in [-0.2, 0) is 0 Å². The zero-order valence-electron chi connectivity index (χ0n) is 5.75. The van der Waals surface area contributed by atoms with Gasteiger partial charge in [-0.25, -0.2) is 0 Å². The second-order valence-corrected chi connectivity index (χ2v) is 2.71. The average Bonchev–Trinajstić information content (AvgIpc) is 2.71. The molecule has 50 valence electrons. The molecule has 0 atom stereocenters. The van der Waals surface area contributed by atoms with Gasteiger partial charge in [-0.2, -0.15) is 9.98 Å². The SMILES string of the molecule is C=C1N=C[C+](C2CC2)C=N1. The highest BCUT2D eigenvalue weighted by molar-refractivity contribution is 6.02. The van der Waals surface area contributed by atoms with Gasteiger partial charge in [0.1, 0.15) is 5.92 Å². The van der Waals surface area contributed by atoms with Gasteiger partial charge in [0.15, 0.2) is 24.2 Å². The minimum Gasteiger partial charge on any atom is -0.194 e. The van der Waals surface area contributed by atoms with Crippen molar-refractivity contribution in [2.24, 2.45) is 15.9 Å². The van der Waals surface area contributed by atoms with Gasteiger partial charge in [-0.1, -0.05) is 6.58 Å². The van der Waals surface area contributed by atoms with Crippen molar-refractivity contribution in [3.05, 3.63) is 18.3 Å². The van der Waals surface area contributed by atoms with Crippen LogP contribution in [0.3, 0.4) is 0 Å². The molecule has 2 heteroatoms. The molecule has 1 fully saturated rings. The summed E-state index contributed by atoms with van der Waals surface area (Å²) in [6, 6.07) is 0. The molecule has 1 aliphatic carbocycles. The monoisotopic (exact) mass is 133 g/mol. The van der Waals surface area contributed by atoms with Crippen molar-refractivity contribution in [2.75, 3.05) is 0 Å². The molecule has 0 unspecified atom stereocenters. The fourth-order valence-electron chi connectivity index (χ4n) is 0.992. The molecule has 0 spiro atoms. The van der Waals surface area contributed by atoms with Crippen LogP contribution in [0.25, 0.3) is 0 Å². The fraction of sp³-hybridized carbons (Fsp3) is 0.375. The minimum atomic E-state index is 0.615. The van der Waals surface area contributed by atoms with Crippen LogP contribution in [0.5, 0.6) is 0 Å². The predicted octanol–water partition coefficient (Wildman–Crippen LogP) is 1.60. The molecule has 0 amide bonds. The molecule has 2 rings (SSSR count). The lowest BCUT2D eigenvalue weighted by molar-refractivity contribution is 1.01. The Balaban J connectivity index is 2.06. The van der Waals surface area contributed by atoms with Gasteiger partial charge in [0.2, 0.25) is 0 Å². The lowest BCUT2D eigenvalue weighted by Gasteiger charge is -1.95. The Labute approximate surface area is 60.4 Å². The molecule has 1 saturated carbocycles. The predicted molar refractivity (Wildman–Crippen MR) is 42.1 cm³/mol. The Morgan fingerprint density at radius 3 is 2.50 bits per heavy atom. The van der Waals surface area contributed by atoms with Gasteiger partial charge in [0.05, 0.1) is 0 Å². The molecule has 10 heavy (non-hydrogen) atoms. The van der Waals surface area contributed by atoms with Crippen LogP contribution in [0.15, 0.2) is 22.4 Å². The van der Waals surface area contributed by atoms with Crippen LogP contribution < -0.4 is 0 Å². The van der Waals surface area contributed by atoms with E-state index in [9.17, 15) is 0 Å². The van der Waals surface area contributed by atoms with Crippen molar-refractivity contribution in [1.29, 1.82) is 0 Å². The van der Waals surface area contributed by atoms with Gasteiger partial charge in [-0.15, -0.1) is 0 Å². The number of aliphatic imine (C=N–C) groups is 2. The summed E-state index contributed by atoms with van der Waals surface area (Å²) in [5, 5.41) is 0. The maximum atomic E-state index is 4.02. The van der Waals surface area contributed by atoms with E-state index in [-0.39, 0.29) is 0 Å². The van der Waals surface area contributed by atoms with Crippen LogP contribution in [0, 0.1) is 11.8 Å². The van der Waals surface area contributed by atoms with Crippen LogP contribution in [0.1, 0.15) is 12.8 Å². The third kappa shape index (κ3) is 0.967. The van der Waals surface area contributed by atoms with Gasteiger partial charge in [0.25, 0.3) is 0 Å². The first kappa shape index (κ1) is 5.71. The maximum absolute atomic E-state index is 4.02. The summed E-state index contributed by atoms with van der Waals surface area (Å²) in [4.78, 5) is 8.04. The maximum Gasteiger partial charge on any atom is 0.196 e. The summed E-state index contributed by atoms with van der Waals surface area (Å²) >= 11 is 0. The summed E-state index contributed by atoms with van der Waals surface area (Å²) in [7, 11) is 0. The largest absolute Gasteiger partial charge is 0.196 e. The Kier molecular flexibility index (Phi) is 1.13. The first-order chi connectivity index (χ1) is 4.86. The number of hydrogen-bond acceptors (Lipinski definition) is 2. The second kappa shape index (κ2) is 1.97. The first-order valence-corrected chi connectivity index (χ1v) is 3.50. The molecule has 2 aliphatic rings. The van der Waals surface area contributed by atoms with Crippen molar-refractivity contribution < 1.29 is 0 Å². The molecule has 1 heterocycles. The van der Waals surface area contributed by atoms with Gasteiger partial charge < -0.3 is 0 Å². The Hall–Kier alpha value is -1.05. The zero-order valence-corrected chi connectivity index (χ0v) is 5.75. The Morgan fingerprint density at radius 2 is 2.00 bits per heavy atom. The summed E-state index contributed by atoms with van der Waals surface area (Å²) < 4.78 is 0. The third-order valence-corrected chi connectivity index (χ3v) is 1.77. The highest BCUT2D eigenvalue weighted by Gasteiger charge is 2.41. The average molecular weight is 133 g/mol. The van der Waals surface area contributed by atoms with Crippen molar-refractivity contribution >= 4 is 12.4 Å². The lowest BCUT2D eigenvalue weighted by Crippen LogP contribution is -2.06. The molecule has 1 aliphatic heterocycles. The van der Waals surface area contributed by atoms with Crippen molar-refractivity contribution in [3.8, 4) is 0 Å². The minimum absolute atomic E-state index is 0.615. The molecule has 0 aromatic carbocycles. The molecule has 2 nitrogen and oxygen atoms in total. The van der Waals surface area contributed by atoms with E-state index in [1.54, 1.807) is 0 Å². The lowest BCUT2D eigenvalue weighted by atomic mass is 10.1. The van der Waals surface area contributed by atoms with Gasteiger partial charge in [0, 0.05) is 0 Å². The van der Waals surface area contributed by atoms with E-state index in [2.05, 4.69) is 16.6 Å². The summed E-state index contributed by atoms with van der Waals surface area (Å²) in [5.41, 5.74) is 0. The normalized spacial score (nSPS) is 24.0. The molecule has 0 aromatic rings. The Bertz CT molecular complexity index is 195. The molecule has 0 radical (unpaired) electrons. The van der Waals surface area contributed by atoms with E-state index >= 15 is 0 Å². The van der Waals surface area contributed by atoms with E-state index in [4.69, 9.17) is 0 Å².